The fraction of sp³-hybridized carbons (Fsp3) is 0.267. The van der Waals surface area contributed by atoms with E-state index >= 15 is 0 Å². The summed E-state index contributed by atoms with van der Waals surface area (Å²) in [5.74, 6) is -0.312. The van der Waals surface area contributed by atoms with Gasteiger partial charge in [-0.3, -0.25) is 0 Å². The highest BCUT2D eigenvalue weighted by Crippen LogP contribution is 2.34. The van der Waals surface area contributed by atoms with E-state index in [9.17, 15) is 4.79 Å². The summed E-state index contributed by atoms with van der Waals surface area (Å²) in [5.41, 5.74) is 0.760. The van der Waals surface area contributed by atoms with Gasteiger partial charge in [0, 0.05) is 17.1 Å². The van der Waals surface area contributed by atoms with Crippen molar-refractivity contribution >= 4 is 33.9 Å². The zero-order valence-electron chi connectivity index (χ0n) is 11.4. The van der Waals surface area contributed by atoms with Crippen LogP contribution in [-0.4, -0.2) is 19.6 Å². The van der Waals surface area contributed by atoms with Gasteiger partial charge in [0.2, 0.25) is 0 Å². The molecule has 1 heterocycles. The van der Waals surface area contributed by atoms with Crippen LogP contribution in [0.5, 0.6) is 0 Å². The summed E-state index contributed by atoms with van der Waals surface area (Å²) in [6.45, 7) is 2.69. The van der Waals surface area contributed by atoms with Crippen LogP contribution in [0.3, 0.4) is 0 Å². The number of hydrogen-bond acceptors (Lipinski definition) is 4. The molecule has 1 aromatic heterocycles. The molecule has 2 rings (SSSR count). The Morgan fingerprint density at radius 1 is 1.35 bits per heavy atom. The van der Waals surface area contributed by atoms with Crippen LogP contribution in [0.4, 0.5) is 5.00 Å². The molecule has 20 heavy (non-hydrogen) atoms. The molecular weight excluding hydrogens is 294 g/mol. The Morgan fingerprint density at radius 2 is 2.10 bits per heavy atom. The summed E-state index contributed by atoms with van der Waals surface area (Å²) in [4.78, 5) is 14.2. The number of thiophene rings is 1. The Morgan fingerprint density at radius 3 is 2.65 bits per heavy atom. The van der Waals surface area contributed by atoms with Crippen LogP contribution in [0.2, 0.25) is 5.02 Å². The van der Waals surface area contributed by atoms with Gasteiger partial charge >= 0.3 is 5.97 Å². The summed E-state index contributed by atoms with van der Waals surface area (Å²) >= 11 is 7.84. The third-order valence-electron chi connectivity index (χ3n) is 3.07. The van der Waals surface area contributed by atoms with Gasteiger partial charge in [-0.25, -0.2) is 4.79 Å². The summed E-state index contributed by atoms with van der Waals surface area (Å²) in [7, 11) is 1.40. The van der Waals surface area contributed by atoms with E-state index in [0.717, 1.165) is 10.6 Å². The van der Waals surface area contributed by atoms with Crippen LogP contribution in [0.1, 0.15) is 18.5 Å². The molecule has 0 unspecified atom stereocenters. The molecule has 106 valence electrons. The molecule has 0 fully saturated rings. The van der Waals surface area contributed by atoms with Gasteiger partial charge in [0.05, 0.1) is 12.1 Å². The van der Waals surface area contributed by atoms with Crippen LogP contribution in [0.15, 0.2) is 41.8 Å². The van der Waals surface area contributed by atoms with Gasteiger partial charge in [-0.2, -0.15) is 0 Å². The van der Waals surface area contributed by atoms with Gasteiger partial charge in [-0.05, 0) is 30.5 Å². The van der Waals surface area contributed by atoms with E-state index in [1.54, 1.807) is 17.4 Å². The van der Waals surface area contributed by atoms with Crippen molar-refractivity contribution in [1.29, 1.82) is 0 Å². The number of hydrogen-bond donors (Lipinski definition) is 0. The Bertz CT molecular complexity index is 571. The second-order valence-electron chi connectivity index (χ2n) is 4.18. The number of rotatable bonds is 5. The van der Waals surface area contributed by atoms with Crippen molar-refractivity contribution in [2.45, 2.75) is 13.0 Å². The molecule has 3 nitrogen and oxygen atoms in total. The number of methoxy groups -OCH3 is 1. The molecule has 0 spiro atoms. The highest BCUT2D eigenvalue weighted by molar-refractivity contribution is 7.14. The molecule has 0 N–H and O–H groups in total. The lowest BCUT2D eigenvalue weighted by Crippen LogP contribution is -2.34. The number of nitrogens with zero attached hydrogens (tertiary/aromatic N) is 1. The van der Waals surface area contributed by atoms with Crippen LogP contribution >= 0.6 is 22.9 Å². The summed E-state index contributed by atoms with van der Waals surface area (Å²) < 4.78 is 4.97. The van der Waals surface area contributed by atoms with Crippen LogP contribution in [0.25, 0.3) is 0 Å². The number of anilines is 1. The first kappa shape index (κ1) is 14.9. The minimum atomic E-state index is -0.530. The first-order chi connectivity index (χ1) is 9.69. The predicted molar refractivity (Wildman–Crippen MR) is 83.5 cm³/mol. The number of halogens is 1. The number of benzene rings is 1. The lowest BCUT2D eigenvalue weighted by atomic mass is 10.1. The summed E-state index contributed by atoms with van der Waals surface area (Å²) in [6.07, 6.45) is 0. The second-order valence-corrected chi connectivity index (χ2v) is 5.52. The average Bonchev–Trinajstić information content (AvgIpc) is 2.99. The molecule has 1 atom stereocenters. The summed E-state index contributed by atoms with van der Waals surface area (Å²) in [6, 6.07) is 10.8. The van der Waals surface area contributed by atoms with E-state index in [0.29, 0.717) is 11.6 Å². The number of esters is 1. The first-order valence-corrected chi connectivity index (χ1v) is 7.57. The minimum Gasteiger partial charge on any atom is -0.467 e. The van der Waals surface area contributed by atoms with Gasteiger partial charge in [0.25, 0.3) is 0 Å². The Kier molecular flexibility index (Phi) is 5.04. The van der Waals surface area contributed by atoms with Crippen molar-refractivity contribution in [3.63, 3.8) is 0 Å². The van der Waals surface area contributed by atoms with Gasteiger partial charge in [0.15, 0.2) is 6.04 Å². The third kappa shape index (κ3) is 2.97. The van der Waals surface area contributed by atoms with Crippen molar-refractivity contribution in [3.05, 3.63) is 52.4 Å². The molecule has 1 aromatic carbocycles. The van der Waals surface area contributed by atoms with Crippen LogP contribution in [0, 0.1) is 0 Å². The van der Waals surface area contributed by atoms with Gasteiger partial charge < -0.3 is 9.64 Å². The van der Waals surface area contributed by atoms with E-state index in [1.165, 1.54) is 7.11 Å². The van der Waals surface area contributed by atoms with Crippen molar-refractivity contribution in [3.8, 4) is 0 Å². The zero-order chi connectivity index (χ0) is 14.5. The molecule has 0 bridgehead atoms. The van der Waals surface area contributed by atoms with E-state index in [2.05, 4.69) is 0 Å². The molecule has 2 aromatic rings. The Labute approximate surface area is 127 Å². The van der Waals surface area contributed by atoms with Crippen molar-refractivity contribution in [2.24, 2.45) is 0 Å². The predicted octanol–water partition coefficient (Wildman–Crippen LogP) is 4.14. The van der Waals surface area contributed by atoms with E-state index in [4.69, 9.17) is 16.3 Å². The average molecular weight is 310 g/mol. The zero-order valence-corrected chi connectivity index (χ0v) is 12.9. The highest BCUT2D eigenvalue weighted by Gasteiger charge is 2.30. The molecular formula is C15H16ClNO2S. The van der Waals surface area contributed by atoms with Crippen LogP contribution < -0.4 is 4.90 Å². The maximum absolute atomic E-state index is 12.2. The van der Waals surface area contributed by atoms with Gasteiger partial charge in [0.1, 0.15) is 0 Å². The standard InChI is InChI=1S/C15H16ClNO2S/c1-3-17(13-9-6-10-20-13)14(15(18)19-2)11-7-4-5-8-12(11)16/h4-10,14H,3H2,1-2H3/t14-/m1/s1. The SMILES string of the molecule is CCN(c1cccs1)[C@@H](C(=O)OC)c1ccccc1Cl. The highest BCUT2D eigenvalue weighted by atomic mass is 35.5. The second kappa shape index (κ2) is 6.77. The van der Waals surface area contributed by atoms with Gasteiger partial charge in [-0.1, -0.05) is 29.8 Å². The smallest absolute Gasteiger partial charge is 0.333 e. The molecule has 0 radical (unpaired) electrons. The third-order valence-corrected chi connectivity index (χ3v) is 4.32. The molecule has 0 amide bonds. The molecule has 0 aliphatic rings. The maximum Gasteiger partial charge on any atom is 0.333 e. The largest absolute Gasteiger partial charge is 0.467 e. The molecule has 0 saturated carbocycles. The quantitative estimate of drug-likeness (QED) is 0.777. The molecule has 0 aliphatic carbocycles. The molecule has 5 heteroatoms. The monoisotopic (exact) mass is 309 g/mol. The topological polar surface area (TPSA) is 29.5 Å². The summed E-state index contributed by atoms with van der Waals surface area (Å²) in [5, 5.41) is 3.57. The number of likely N-dealkylation sites (N-methyl/N-ethyl adjacent to an activating group) is 1. The Balaban J connectivity index is 2.47. The van der Waals surface area contributed by atoms with E-state index in [-0.39, 0.29) is 5.97 Å². The number of ether oxygens (including phenoxy) is 1. The lowest BCUT2D eigenvalue weighted by Gasteiger charge is -2.30. The fourth-order valence-electron chi connectivity index (χ4n) is 2.13. The first-order valence-electron chi connectivity index (χ1n) is 6.31. The molecule has 0 aliphatic heterocycles. The van der Waals surface area contributed by atoms with Crippen molar-refractivity contribution in [1.82, 2.24) is 0 Å². The normalized spacial score (nSPS) is 11.9. The Hall–Kier alpha value is -1.52. The van der Waals surface area contributed by atoms with E-state index in [1.807, 2.05) is 47.5 Å². The number of carbonyl (C=O) groups is 1. The van der Waals surface area contributed by atoms with E-state index < -0.39 is 6.04 Å². The minimum absolute atomic E-state index is 0.312. The van der Waals surface area contributed by atoms with Crippen molar-refractivity contribution < 1.29 is 9.53 Å². The number of carbonyl (C=O) groups excluding carboxylic acids is 1. The maximum atomic E-state index is 12.2. The van der Waals surface area contributed by atoms with Crippen LogP contribution in [-0.2, 0) is 9.53 Å². The lowest BCUT2D eigenvalue weighted by molar-refractivity contribution is -0.142. The van der Waals surface area contributed by atoms with Crippen molar-refractivity contribution in [2.75, 3.05) is 18.6 Å². The molecule has 0 saturated heterocycles. The van der Waals surface area contributed by atoms with Gasteiger partial charge in [-0.15, -0.1) is 11.3 Å². The fourth-order valence-corrected chi connectivity index (χ4v) is 3.19.